The van der Waals surface area contributed by atoms with Crippen molar-refractivity contribution < 1.29 is 0 Å². The first-order valence-electron chi connectivity index (χ1n) is 15.5. The number of hydrogen-bond donors (Lipinski definition) is 0. The minimum absolute atomic E-state index is 0.180. The standard InChI is InChI=1S/C42H32N2S/c1-5-16-32(17-6-1)43(33-18-7-2-8-19-33)38-25-15-26-39(44(34-20-9-3-10-21-34)35-22-11-4-12-23-35)42(38)31-28-29-41-37(30-31)36-24-13-14-27-40(36)45-41/h1-22,24-30,35H,23H2. The van der Waals surface area contributed by atoms with Crippen molar-refractivity contribution in [1.29, 1.82) is 0 Å². The van der Waals surface area contributed by atoms with E-state index in [9.17, 15) is 0 Å². The highest BCUT2D eigenvalue weighted by Gasteiger charge is 2.26. The van der Waals surface area contributed by atoms with Crippen molar-refractivity contribution in [3.05, 3.63) is 176 Å². The first-order valence-corrected chi connectivity index (χ1v) is 16.3. The molecule has 2 nitrogen and oxygen atoms in total. The smallest absolute Gasteiger partial charge is 0.0561 e. The first kappa shape index (κ1) is 27.2. The monoisotopic (exact) mass is 596 g/mol. The minimum Gasteiger partial charge on any atom is -0.334 e. The predicted molar refractivity (Wildman–Crippen MR) is 195 cm³/mol. The molecule has 0 amide bonds. The molecule has 8 rings (SSSR count). The van der Waals surface area contributed by atoms with Crippen LogP contribution in [-0.4, -0.2) is 6.04 Å². The largest absolute Gasteiger partial charge is 0.334 e. The summed E-state index contributed by atoms with van der Waals surface area (Å²) >= 11 is 1.86. The Bertz CT molecular complexity index is 2110. The maximum absolute atomic E-state index is 2.52. The number of rotatable bonds is 7. The number of benzene rings is 6. The maximum atomic E-state index is 2.52. The van der Waals surface area contributed by atoms with Gasteiger partial charge in [-0.05, 0) is 78.7 Å². The van der Waals surface area contributed by atoms with Crippen LogP contribution >= 0.6 is 11.3 Å². The fraction of sp³-hybridized carbons (Fsp3) is 0.0476. The predicted octanol–water partition coefficient (Wildman–Crippen LogP) is 12.2. The summed E-state index contributed by atoms with van der Waals surface area (Å²) in [5, 5.41) is 2.60. The number of para-hydroxylation sites is 3. The maximum Gasteiger partial charge on any atom is 0.0561 e. The molecule has 0 bridgehead atoms. The lowest BCUT2D eigenvalue weighted by Gasteiger charge is -2.36. The Balaban J connectivity index is 1.44. The molecule has 1 aromatic heterocycles. The SMILES string of the molecule is C1=CCC(N(c2ccccc2)c2cccc(N(c3ccccc3)c3ccccc3)c2-c2ccc3sc4ccccc4c3c2)C=C1. The highest BCUT2D eigenvalue weighted by Crippen LogP contribution is 2.48. The molecule has 216 valence electrons. The van der Waals surface area contributed by atoms with Gasteiger partial charge in [0.2, 0.25) is 0 Å². The van der Waals surface area contributed by atoms with Crippen molar-refractivity contribution in [2.24, 2.45) is 0 Å². The second-order valence-electron chi connectivity index (χ2n) is 11.3. The Kier molecular flexibility index (Phi) is 7.22. The van der Waals surface area contributed by atoms with E-state index in [0.29, 0.717) is 0 Å². The second kappa shape index (κ2) is 12.0. The zero-order valence-corrected chi connectivity index (χ0v) is 25.6. The van der Waals surface area contributed by atoms with Crippen LogP contribution in [0.5, 0.6) is 0 Å². The van der Waals surface area contributed by atoms with Gasteiger partial charge >= 0.3 is 0 Å². The summed E-state index contributed by atoms with van der Waals surface area (Å²) in [4.78, 5) is 4.91. The molecule has 1 atom stereocenters. The fourth-order valence-electron chi connectivity index (χ4n) is 6.53. The van der Waals surface area contributed by atoms with Crippen molar-refractivity contribution >= 4 is 59.9 Å². The van der Waals surface area contributed by atoms with E-state index in [1.807, 2.05) is 11.3 Å². The van der Waals surface area contributed by atoms with Gasteiger partial charge in [0.25, 0.3) is 0 Å². The molecule has 1 heterocycles. The van der Waals surface area contributed by atoms with Gasteiger partial charge < -0.3 is 9.80 Å². The summed E-state index contributed by atoms with van der Waals surface area (Å²) in [6.07, 6.45) is 9.86. The van der Waals surface area contributed by atoms with Gasteiger partial charge in [-0.3, -0.25) is 0 Å². The van der Waals surface area contributed by atoms with Gasteiger partial charge in [-0.15, -0.1) is 11.3 Å². The van der Waals surface area contributed by atoms with Crippen LogP contribution in [0.1, 0.15) is 6.42 Å². The van der Waals surface area contributed by atoms with Crippen molar-refractivity contribution in [2.45, 2.75) is 12.5 Å². The average molecular weight is 597 g/mol. The molecule has 0 N–H and O–H groups in total. The lowest BCUT2D eigenvalue weighted by molar-refractivity contribution is 0.785. The number of hydrogen-bond acceptors (Lipinski definition) is 3. The van der Waals surface area contributed by atoms with Gasteiger partial charge in [0.1, 0.15) is 0 Å². The van der Waals surface area contributed by atoms with E-state index < -0.39 is 0 Å². The first-order chi connectivity index (χ1) is 22.3. The minimum atomic E-state index is 0.180. The van der Waals surface area contributed by atoms with Crippen LogP contribution in [0, 0.1) is 0 Å². The van der Waals surface area contributed by atoms with Crippen LogP contribution < -0.4 is 9.80 Å². The van der Waals surface area contributed by atoms with Crippen molar-refractivity contribution in [2.75, 3.05) is 9.80 Å². The molecular formula is C42H32N2S. The molecule has 1 aliphatic carbocycles. The van der Waals surface area contributed by atoms with Crippen molar-refractivity contribution in [1.82, 2.24) is 0 Å². The van der Waals surface area contributed by atoms with E-state index in [4.69, 9.17) is 0 Å². The quantitative estimate of drug-likeness (QED) is 0.181. The lowest BCUT2D eigenvalue weighted by Crippen LogP contribution is -2.30. The third kappa shape index (κ3) is 5.12. The van der Waals surface area contributed by atoms with E-state index >= 15 is 0 Å². The van der Waals surface area contributed by atoms with Crippen molar-refractivity contribution in [3.8, 4) is 11.1 Å². The van der Waals surface area contributed by atoms with Crippen molar-refractivity contribution in [3.63, 3.8) is 0 Å². The molecule has 0 aliphatic heterocycles. The highest BCUT2D eigenvalue weighted by atomic mass is 32.1. The molecule has 0 saturated carbocycles. The summed E-state index contributed by atoms with van der Waals surface area (Å²) in [7, 11) is 0. The zero-order chi connectivity index (χ0) is 30.0. The lowest BCUT2D eigenvalue weighted by atomic mass is 9.95. The normalized spacial score (nSPS) is 14.2. The van der Waals surface area contributed by atoms with E-state index in [2.05, 4.69) is 186 Å². The Morgan fingerprint density at radius 3 is 1.82 bits per heavy atom. The Labute approximate surface area is 268 Å². The summed E-state index contributed by atoms with van der Waals surface area (Å²) < 4.78 is 2.63. The highest BCUT2D eigenvalue weighted by molar-refractivity contribution is 7.25. The molecular weight excluding hydrogens is 565 g/mol. The number of nitrogens with zero attached hydrogens (tertiary/aromatic N) is 2. The molecule has 1 unspecified atom stereocenters. The molecule has 0 radical (unpaired) electrons. The number of fused-ring (bicyclic) bond motifs is 3. The van der Waals surface area contributed by atoms with Crippen LogP contribution in [0.2, 0.25) is 0 Å². The fourth-order valence-corrected chi connectivity index (χ4v) is 7.62. The van der Waals surface area contributed by atoms with Gasteiger partial charge in [-0.1, -0.05) is 109 Å². The summed E-state index contributed by atoms with van der Waals surface area (Å²) in [5.74, 6) is 0. The van der Waals surface area contributed by atoms with Gasteiger partial charge in [0.05, 0.1) is 17.4 Å². The van der Waals surface area contributed by atoms with E-state index in [1.165, 1.54) is 42.7 Å². The van der Waals surface area contributed by atoms with Crippen LogP contribution in [0.15, 0.2) is 176 Å². The topological polar surface area (TPSA) is 6.48 Å². The Morgan fingerprint density at radius 1 is 0.511 bits per heavy atom. The average Bonchev–Trinajstić information content (AvgIpc) is 3.49. The third-order valence-corrected chi connectivity index (χ3v) is 9.69. The van der Waals surface area contributed by atoms with Crippen LogP contribution in [0.3, 0.4) is 0 Å². The molecule has 7 aromatic rings. The molecule has 0 saturated heterocycles. The molecule has 1 aliphatic rings. The summed E-state index contributed by atoms with van der Waals surface area (Å²) in [6, 6.07) is 55.0. The summed E-state index contributed by atoms with van der Waals surface area (Å²) in [5.41, 5.74) is 8.14. The van der Waals surface area contributed by atoms with Gasteiger partial charge in [-0.25, -0.2) is 0 Å². The van der Waals surface area contributed by atoms with Gasteiger partial charge in [0.15, 0.2) is 0 Å². The molecule has 45 heavy (non-hydrogen) atoms. The molecule has 0 spiro atoms. The third-order valence-electron chi connectivity index (χ3n) is 8.54. The van der Waals surface area contributed by atoms with E-state index in [0.717, 1.165) is 23.5 Å². The molecule has 3 heteroatoms. The second-order valence-corrected chi connectivity index (χ2v) is 12.4. The van der Waals surface area contributed by atoms with E-state index in [-0.39, 0.29) is 6.04 Å². The van der Waals surface area contributed by atoms with E-state index in [1.54, 1.807) is 0 Å². The van der Waals surface area contributed by atoms with Crippen LogP contribution in [-0.2, 0) is 0 Å². The number of anilines is 5. The van der Waals surface area contributed by atoms with Gasteiger partial charge in [0, 0.05) is 42.8 Å². The number of allylic oxidation sites excluding steroid dienone is 2. The zero-order valence-electron chi connectivity index (χ0n) is 24.8. The summed E-state index contributed by atoms with van der Waals surface area (Å²) in [6.45, 7) is 0. The Hall–Kier alpha value is -5.38. The number of thiophene rings is 1. The molecule has 0 fully saturated rings. The van der Waals surface area contributed by atoms with Gasteiger partial charge in [-0.2, -0.15) is 0 Å². The molecule has 6 aromatic carbocycles. The van der Waals surface area contributed by atoms with Crippen LogP contribution in [0.4, 0.5) is 28.4 Å². The Morgan fingerprint density at radius 2 is 1.13 bits per heavy atom. The van der Waals surface area contributed by atoms with Crippen LogP contribution in [0.25, 0.3) is 31.3 Å².